The minimum atomic E-state index is -1.44. The highest BCUT2D eigenvalue weighted by Crippen LogP contribution is 2.55. The molecule has 24 heteroatoms. The first-order valence-electron chi connectivity index (χ1n) is 37.3. The molecule has 584 valence electrons. The first-order valence-corrected chi connectivity index (χ1v) is 40.8. The molecule has 0 saturated carbocycles. The SMILES string of the molecule is O=C(Oc1nc(OC(=O)c2ccccc2)c2cc1C(c1cccs1)c1cc(c(OC(=O)c3ccccc3)nc1OC(=O)c1ccccc1)C(c1cccs1)c1cc(c(OC(=O)c3ccccc3)nc1OC(=O)c1ccccc1)C(c1cccs1)c1cc(c(OC(=O)c3ccccc3)nc1OC(=O)c1ccccc1)C2c1cccs1)c1ccccc1. The van der Waals surface area contributed by atoms with Gasteiger partial charge in [0.15, 0.2) is 0 Å². The van der Waals surface area contributed by atoms with Gasteiger partial charge >= 0.3 is 47.8 Å². The largest absolute Gasteiger partial charge is 0.403 e. The van der Waals surface area contributed by atoms with E-state index in [1.807, 2.05) is 0 Å². The van der Waals surface area contributed by atoms with Crippen molar-refractivity contribution in [2.75, 3.05) is 0 Å². The normalized spacial score (nSPS) is 13.9. The number of aromatic nitrogens is 4. The maximum absolute atomic E-state index is 15.4. The second-order valence-electron chi connectivity index (χ2n) is 26.9. The van der Waals surface area contributed by atoms with Crippen LogP contribution >= 0.6 is 45.3 Å². The van der Waals surface area contributed by atoms with Crippen LogP contribution < -0.4 is 37.9 Å². The highest BCUT2D eigenvalue weighted by atomic mass is 32.1. The predicted molar refractivity (Wildman–Crippen MR) is 449 cm³/mol. The van der Waals surface area contributed by atoms with E-state index < -0.39 is 118 Å². The Hall–Kier alpha value is -15.1. The average molecular weight is 1650 g/mol. The number of hydrogen-bond acceptors (Lipinski definition) is 24. The molecular formula is C96H60N4O16S4. The Morgan fingerprint density at radius 2 is 0.317 bits per heavy atom. The van der Waals surface area contributed by atoms with E-state index in [0.29, 0.717) is 19.5 Å². The molecule has 0 amide bonds. The zero-order valence-corrected chi connectivity index (χ0v) is 65.9. The molecule has 0 N–H and O–H groups in total. The van der Waals surface area contributed by atoms with Gasteiger partial charge in [-0.05, 0) is 167 Å². The number of rotatable bonds is 20. The summed E-state index contributed by atoms with van der Waals surface area (Å²) >= 11 is 4.89. The van der Waals surface area contributed by atoms with Crippen LogP contribution in [0.3, 0.4) is 0 Å². The fourth-order valence-electron chi connectivity index (χ4n) is 13.8. The van der Waals surface area contributed by atoms with Gasteiger partial charge in [-0.15, -0.1) is 45.3 Å². The Kier molecular flexibility index (Phi) is 22.7. The van der Waals surface area contributed by atoms with Crippen LogP contribution in [0.4, 0.5) is 0 Å². The minimum absolute atomic E-state index is 0.00302. The highest BCUT2D eigenvalue weighted by molar-refractivity contribution is 7.11. The lowest BCUT2D eigenvalue weighted by Crippen LogP contribution is -2.22. The highest BCUT2D eigenvalue weighted by Gasteiger charge is 2.42. The lowest BCUT2D eigenvalue weighted by molar-refractivity contribution is 0.0695. The van der Waals surface area contributed by atoms with E-state index in [1.54, 1.807) is 240 Å². The standard InChI is InChI=1S/C96H60N4O16S4/c101-89(57-29-9-1-10-30-57)109-81-65-53-66(82(97-81)110-90(102)58-31-11-2-12-32-58)78(74-46-26-50-118-74)69-55-70(86(114-94(106)62-39-19-6-20-40-62)99-85(69)113-93(105)61-37-17-5-18-38-61)80(76-48-28-52-120-76)72-56-71(87(115-95(107)63-41-21-7-22-42-63)100-88(72)116-96(108)64-43-23-8-24-44-64)79(75-47-27-51-119-75)68-54-67(77(65)73-45-25-49-117-73)83(111-91(103)59-33-13-3-14-34-59)98-84(68)112-92(104)60-35-15-4-16-36-60/h1-56,77-80H. The van der Waals surface area contributed by atoms with Crippen molar-refractivity contribution in [2.45, 2.75) is 23.7 Å². The summed E-state index contributed by atoms with van der Waals surface area (Å²) in [5.74, 6) is -17.0. The second-order valence-corrected chi connectivity index (χ2v) is 30.9. The second kappa shape index (κ2) is 35.2. The molecule has 16 aromatic rings. The number of carbonyl (C=O) groups is 8. The summed E-state index contributed by atoms with van der Waals surface area (Å²) in [4.78, 5) is 146. The van der Waals surface area contributed by atoms with Crippen LogP contribution in [0.5, 0.6) is 47.0 Å². The van der Waals surface area contributed by atoms with Crippen LogP contribution in [0.15, 0.2) is 337 Å². The molecule has 20 nitrogen and oxygen atoms in total. The van der Waals surface area contributed by atoms with E-state index in [9.17, 15) is 0 Å². The molecule has 8 aromatic heterocycles. The lowest BCUT2D eigenvalue weighted by atomic mass is 9.81. The van der Waals surface area contributed by atoms with Gasteiger partial charge in [0.1, 0.15) is 0 Å². The number of esters is 8. The van der Waals surface area contributed by atoms with Gasteiger partial charge in [0.25, 0.3) is 0 Å². The van der Waals surface area contributed by atoms with Crippen molar-refractivity contribution in [1.29, 1.82) is 0 Å². The first-order chi connectivity index (χ1) is 58.8. The van der Waals surface area contributed by atoms with Gasteiger partial charge in [-0.2, -0.15) is 19.9 Å². The Balaban J connectivity index is 1.08. The van der Waals surface area contributed by atoms with Crippen LogP contribution in [0, 0.1) is 0 Å². The molecule has 8 aromatic carbocycles. The summed E-state index contributed by atoms with van der Waals surface area (Å²) in [6.07, 6.45) is 0. The molecule has 0 unspecified atom stereocenters. The Morgan fingerprint density at radius 3 is 0.433 bits per heavy atom. The monoisotopic (exact) mass is 1650 g/mol. The number of pyridine rings is 4. The molecule has 0 fully saturated rings. The molecule has 0 radical (unpaired) electrons. The van der Waals surface area contributed by atoms with Crippen LogP contribution in [-0.4, -0.2) is 67.7 Å². The molecule has 1 aliphatic rings. The summed E-state index contributed by atoms with van der Waals surface area (Å²) < 4.78 is 53.7. The summed E-state index contributed by atoms with van der Waals surface area (Å²) in [6, 6.07) is 85.3. The van der Waals surface area contributed by atoms with Gasteiger partial charge in [0.05, 0.1) is 68.2 Å². The van der Waals surface area contributed by atoms with Crippen molar-refractivity contribution in [3.8, 4) is 47.0 Å². The number of carbonyl (C=O) groups excluding carboxylic acids is 8. The van der Waals surface area contributed by atoms with Crippen molar-refractivity contribution < 1.29 is 76.3 Å². The smallest absolute Gasteiger partial charge is 0.344 e. The number of fused-ring (bicyclic) bond motifs is 8. The van der Waals surface area contributed by atoms with Crippen molar-refractivity contribution in [3.05, 3.63) is 445 Å². The van der Waals surface area contributed by atoms with Crippen molar-refractivity contribution >= 4 is 93.1 Å². The molecule has 0 aliphatic heterocycles. The first kappa shape index (κ1) is 77.5. The Morgan fingerprint density at radius 1 is 0.183 bits per heavy atom. The van der Waals surface area contributed by atoms with E-state index in [4.69, 9.17) is 57.8 Å². The van der Waals surface area contributed by atoms with E-state index in [1.165, 1.54) is 142 Å². The summed E-state index contributed by atoms with van der Waals surface area (Å²) in [6.45, 7) is 0. The van der Waals surface area contributed by atoms with Gasteiger partial charge in [-0.25, -0.2) is 38.4 Å². The molecule has 8 heterocycles. The molecule has 0 spiro atoms. The number of hydrogen-bond donors (Lipinski definition) is 0. The predicted octanol–water partition coefficient (Wildman–Crippen LogP) is 20.3. The third kappa shape index (κ3) is 16.7. The van der Waals surface area contributed by atoms with Gasteiger partial charge in [0.2, 0.25) is 47.0 Å². The van der Waals surface area contributed by atoms with Crippen molar-refractivity contribution in [1.82, 2.24) is 19.9 Å². The van der Waals surface area contributed by atoms with E-state index in [-0.39, 0.29) is 89.0 Å². The third-order valence-corrected chi connectivity index (χ3v) is 23.2. The molecular weight excluding hydrogens is 1590 g/mol. The van der Waals surface area contributed by atoms with Crippen LogP contribution in [0.25, 0.3) is 0 Å². The maximum Gasteiger partial charge on any atom is 0.344 e. The van der Waals surface area contributed by atoms with E-state index in [2.05, 4.69) is 0 Å². The quantitative estimate of drug-likeness (QED) is 0.0642. The average Bonchev–Trinajstić information content (AvgIpc) is 1.15. The van der Waals surface area contributed by atoms with Crippen molar-refractivity contribution in [3.63, 3.8) is 0 Å². The molecule has 17 rings (SSSR count). The van der Waals surface area contributed by atoms with Crippen LogP contribution in [0.1, 0.15) is 171 Å². The van der Waals surface area contributed by atoms with Crippen LogP contribution in [0.2, 0.25) is 0 Å². The Labute approximate surface area is 700 Å². The molecule has 8 bridgehead atoms. The van der Waals surface area contributed by atoms with Crippen LogP contribution in [-0.2, 0) is 0 Å². The third-order valence-electron chi connectivity index (χ3n) is 19.4. The number of ether oxygens (including phenoxy) is 8. The molecule has 0 saturated heterocycles. The lowest BCUT2D eigenvalue weighted by Gasteiger charge is -2.29. The van der Waals surface area contributed by atoms with E-state index in [0.717, 1.165) is 0 Å². The Bertz CT molecular complexity index is 5360. The van der Waals surface area contributed by atoms with Gasteiger partial charge in [0, 0.05) is 64.0 Å². The summed E-state index contributed by atoms with van der Waals surface area (Å²) in [5, 5.41) is 7.17. The van der Waals surface area contributed by atoms with E-state index >= 15 is 38.4 Å². The zero-order valence-electron chi connectivity index (χ0n) is 62.6. The molecule has 120 heavy (non-hydrogen) atoms. The fraction of sp³-hybridized carbons (Fsp3) is 0.0417. The van der Waals surface area contributed by atoms with Gasteiger partial charge < -0.3 is 37.9 Å². The molecule has 0 atom stereocenters. The number of benzene rings is 8. The summed E-state index contributed by atoms with van der Waals surface area (Å²) in [5.41, 5.74) is 0.543. The number of thiophene rings is 4. The minimum Gasteiger partial charge on any atom is -0.403 e. The summed E-state index contributed by atoms with van der Waals surface area (Å²) in [7, 11) is 0. The zero-order chi connectivity index (χ0) is 82.0. The molecule has 1 aliphatic carbocycles. The number of nitrogens with zero attached hydrogens (tertiary/aromatic N) is 4. The van der Waals surface area contributed by atoms with Gasteiger partial charge in [-0.3, -0.25) is 0 Å². The maximum atomic E-state index is 15.4. The van der Waals surface area contributed by atoms with Crippen molar-refractivity contribution in [2.24, 2.45) is 0 Å². The fourth-order valence-corrected chi connectivity index (χ4v) is 17.3. The van der Waals surface area contributed by atoms with Gasteiger partial charge in [-0.1, -0.05) is 170 Å². The topological polar surface area (TPSA) is 262 Å².